The molecule has 0 spiro atoms. The maximum Gasteiger partial charge on any atom is 0.433 e. The van der Waals surface area contributed by atoms with Crippen LogP contribution in [0.5, 0.6) is 0 Å². The van der Waals surface area contributed by atoms with E-state index in [-0.39, 0.29) is 5.69 Å². The van der Waals surface area contributed by atoms with Crippen LogP contribution in [0, 0.1) is 11.3 Å². The van der Waals surface area contributed by atoms with Crippen molar-refractivity contribution in [2.24, 2.45) is 0 Å². The Morgan fingerprint density at radius 2 is 2.00 bits per heavy atom. The normalized spacial score (nSPS) is 10.9. The molecule has 13 heavy (non-hydrogen) atoms. The van der Waals surface area contributed by atoms with Gasteiger partial charge in [0.1, 0.15) is 11.8 Å². The Bertz CT molecular complexity index is 364. The third kappa shape index (κ3) is 1.87. The predicted molar refractivity (Wildman–Crippen MR) is 38.4 cm³/mol. The number of anilines is 1. The van der Waals surface area contributed by atoms with Crippen molar-refractivity contribution in [3.8, 4) is 6.07 Å². The fourth-order valence-electron chi connectivity index (χ4n) is 0.717. The van der Waals surface area contributed by atoms with E-state index in [9.17, 15) is 13.2 Å². The molecule has 0 aliphatic heterocycles. The van der Waals surface area contributed by atoms with Gasteiger partial charge in [-0.3, -0.25) is 0 Å². The summed E-state index contributed by atoms with van der Waals surface area (Å²) >= 11 is 0. The van der Waals surface area contributed by atoms with Crippen molar-refractivity contribution in [1.82, 2.24) is 4.98 Å². The van der Waals surface area contributed by atoms with E-state index in [0.717, 1.165) is 12.1 Å². The number of nitrogens with two attached hydrogens (primary N) is 1. The topological polar surface area (TPSA) is 62.7 Å². The lowest BCUT2D eigenvalue weighted by molar-refractivity contribution is -0.141. The molecule has 0 saturated carbocycles. The van der Waals surface area contributed by atoms with Crippen molar-refractivity contribution in [2.75, 3.05) is 5.73 Å². The third-order valence-corrected chi connectivity index (χ3v) is 1.32. The van der Waals surface area contributed by atoms with E-state index in [1.165, 1.54) is 6.07 Å². The van der Waals surface area contributed by atoms with E-state index in [4.69, 9.17) is 11.0 Å². The lowest BCUT2D eigenvalue weighted by Crippen LogP contribution is -2.09. The number of alkyl halides is 3. The fraction of sp³-hybridized carbons (Fsp3) is 0.143. The van der Waals surface area contributed by atoms with Crippen molar-refractivity contribution in [3.05, 3.63) is 23.5 Å². The first-order valence-electron chi connectivity index (χ1n) is 3.19. The SMILES string of the molecule is N#Cc1nc(C(F)(F)F)ccc1N. The van der Waals surface area contributed by atoms with Gasteiger partial charge in [-0.2, -0.15) is 18.4 Å². The number of hydrogen-bond donors (Lipinski definition) is 1. The van der Waals surface area contributed by atoms with Gasteiger partial charge in [-0.25, -0.2) is 4.98 Å². The highest BCUT2D eigenvalue weighted by Gasteiger charge is 2.32. The van der Waals surface area contributed by atoms with Gasteiger partial charge in [-0.15, -0.1) is 0 Å². The highest BCUT2D eigenvalue weighted by atomic mass is 19.4. The van der Waals surface area contributed by atoms with Crippen LogP contribution in [-0.2, 0) is 6.18 Å². The van der Waals surface area contributed by atoms with Crippen molar-refractivity contribution in [1.29, 1.82) is 5.26 Å². The maximum atomic E-state index is 12.0. The average Bonchev–Trinajstić information content (AvgIpc) is 2.03. The van der Waals surface area contributed by atoms with E-state index < -0.39 is 17.6 Å². The largest absolute Gasteiger partial charge is 0.433 e. The number of rotatable bonds is 0. The Hall–Kier alpha value is -1.77. The molecule has 0 fully saturated rings. The summed E-state index contributed by atoms with van der Waals surface area (Å²) in [6.45, 7) is 0. The Balaban J connectivity index is 3.24. The molecule has 0 bridgehead atoms. The standard InChI is InChI=1S/C7H4F3N3/c8-7(9,10)6-2-1-4(12)5(3-11)13-6/h1-2H,12H2. The quantitative estimate of drug-likeness (QED) is 0.670. The van der Waals surface area contributed by atoms with Crippen LogP contribution < -0.4 is 5.73 Å². The Morgan fingerprint density at radius 1 is 1.38 bits per heavy atom. The zero-order chi connectivity index (χ0) is 10.1. The first-order chi connectivity index (χ1) is 5.95. The molecule has 0 aliphatic rings. The number of aromatic nitrogens is 1. The highest BCUT2D eigenvalue weighted by Crippen LogP contribution is 2.28. The zero-order valence-electron chi connectivity index (χ0n) is 6.26. The minimum atomic E-state index is -4.54. The van der Waals surface area contributed by atoms with Gasteiger partial charge < -0.3 is 5.73 Å². The second kappa shape index (κ2) is 2.94. The first kappa shape index (κ1) is 9.32. The second-order valence-corrected chi connectivity index (χ2v) is 2.24. The van der Waals surface area contributed by atoms with Crippen LogP contribution in [0.2, 0.25) is 0 Å². The van der Waals surface area contributed by atoms with Gasteiger partial charge >= 0.3 is 6.18 Å². The zero-order valence-corrected chi connectivity index (χ0v) is 6.26. The molecule has 3 nitrogen and oxygen atoms in total. The molecule has 2 N–H and O–H groups in total. The van der Waals surface area contributed by atoms with Gasteiger partial charge in [-0.05, 0) is 12.1 Å². The number of halogens is 3. The van der Waals surface area contributed by atoms with Crippen LogP contribution in [0.25, 0.3) is 0 Å². The number of pyridine rings is 1. The highest BCUT2D eigenvalue weighted by molar-refractivity contribution is 5.50. The predicted octanol–water partition coefficient (Wildman–Crippen LogP) is 1.55. The molecule has 0 atom stereocenters. The summed E-state index contributed by atoms with van der Waals surface area (Å²) in [7, 11) is 0. The van der Waals surface area contributed by atoms with Crippen LogP contribution in [0.4, 0.5) is 18.9 Å². The number of nitriles is 1. The smallest absolute Gasteiger partial charge is 0.396 e. The van der Waals surface area contributed by atoms with E-state index >= 15 is 0 Å². The number of nitrogen functional groups attached to an aromatic ring is 1. The minimum Gasteiger partial charge on any atom is -0.396 e. The lowest BCUT2D eigenvalue weighted by Gasteiger charge is -2.05. The fourth-order valence-corrected chi connectivity index (χ4v) is 0.717. The Morgan fingerprint density at radius 3 is 2.46 bits per heavy atom. The molecule has 1 aromatic heterocycles. The molecule has 0 saturated heterocycles. The Kier molecular flexibility index (Phi) is 2.10. The number of nitrogens with zero attached hydrogens (tertiary/aromatic N) is 2. The summed E-state index contributed by atoms with van der Waals surface area (Å²) in [5.74, 6) is 0. The molecule has 0 aliphatic carbocycles. The molecule has 0 radical (unpaired) electrons. The molecule has 0 unspecified atom stereocenters. The van der Waals surface area contributed by atoms with E-state index in [0.29, 0.717) is 0 Å². The summed E-state index contributed by atoms with van der Waals surface area (Å²) in [5, 5.41) is 8.35. The summed E-state index contributed by atoms with van der Waals surface area (Å²) in [5.41, 5.74) is 3.61. The van der Waals surface area contributed by atoms with Crippen LogP contribution in [0.3, 0.4) is 0 Å². The molecular formula is C7H4F3N3. The molecular weight excluding hydrogens is 183 g/mol. The van der Waals surface area contributed by atoms with Gasteiger partial charge in [0, 0.05) is 0 Å². The van der Waals surface area contributed by atoms with Crippen LogP contribution >= 0.6 is 0 Å². The van der Waals surface area contributed by atoms with Crippen molar-refractivity contribution < 1.29 is 13.2 Å². The van der Waals surface area contributed by atoms with Gasteiger partial charge in [0.2, 0.25) is 0 Å². The second-order valence-electron chi connectivity index (χ2n) is 2.24. The maximum absolute atomic E-state index is 12.0. The molecule has 1 heterocycles. The lowest BCUT2D eigenvalue weighted by atomic mass is 10.2. The summed E-state index contributed by atoms with van der Waals surface area (Å²) in [6, 6.07) is 3.21. The van der Waals surface area contributed by atoms with E-state index in [1.807, 2.05) is 0 Å². The molecule has 1 rings (SSSR count). The molecule has 1 aromatic rings. The van der Waals surface area contributed by atoms with Gasteiger partial charge in [0.05, 0.1) is 5.69 Å². The summed E-state index contributed by atoms with van der Waals surface area (Å²) < 4.78 is 36.1. The minimum absolute atomic E-state index is 0.0597. The first-order valence-corrected chi connectivity index (χ1v) is 3.19. The molecule has 68 valence electrons. The molecule has 0 aromatic carbocycles. The van der Waals surface area contributed by atoms with E-state index in [2.05, 4.69) is 4.98 Å². The van der Waals surface area contributed by atoms with Gasteiger partial charge in [0.25, 0.3) is 0 Å². The van der Waals surface area contributed by atoms with Crippen LogP contribution in [0.1, 0.15) is 11.4 Å². The van der Waals surface area contributed by atoms with Crippen LogP contribution in [0.15, 0.2) is 12.1 Å². The van der Waals surface area contributed by atoms with Crippen molar-refractivity contribution in [3.63, 3.8) is 0 Å². The van der Waals surface area contributed by atoms with Gasteiger partial charge in [0.15, 0.2) is 5.69 Å². The van der Waals surface area contributed by atoms with E-state index in [1.54, 1.807) is 0 Å². The number of hydrogen-bond acceptors (Lipinski definition) is 3. The molecule has 0 amide bonds. The van der Waals surface area contributed by atoms with Crippen LogP contribution in [-0.4, -0.2) is 4.98 Å². The monoisotopic (exact) mass is 187 g/mol. The summed E-state index contributed by atoms with van der Waals surface area (Å²) in [6.07, 6.45) is -4.54. The third-order valence-electron chi connectivity index (χ3n) is 1.32. The average molecular weight is 187 g/mol. The van der Waals surface area contributed by atoms with Crippen molar-refractivity contribution in [2.45, 2.75) is 6.18 Å². The van der Waals surface area contributed by atoms with Gasteiger partial charge in [-0.1, -0.05) is 0 Å². The molecule has 6 heteroatoms. The van der Waals surface area contributed by atoms with Crippen molar-refractivity contribution >= 4 is 5.69 Å². The Labute approximate surface area is 71.6 Å². The summed E-state index contributed by atoms with van der Waals surface area (Å²) in [4.78, 5) is 3.05.